The molecule has 2 aromatic heterocycles. The topological polar surface area (TPSA) is 533 Å². The number of nitrogens with two attached hydrogens (primary N) is 2. The molecule has 0 spiro atoms. The van der Waals surface area contributed by atoms with E-state index in [1.54, 1.807) is 0 Å². The molecule has 394 valence electrons. The SMILES string of the molecule is N=C(N)NCCC[C@@H](NC(=O)[C@@H](CC(=O)O)NC(=O)CC[C@@H](NC(=O)c1ccc(NCc2cnc3nc(N)[nH]c(=O)c3n2)cc1)C(=O)O)C(=O)N[C@H](CC(=O)O)C(=O)NC(CC(=O)O)C(=O)N[C@@H](CS)C(=O)O. The van der Waals surface area contributed by atoms with Gasteiger partial charge in [-0.05, 0) is 43.5 Å². The number of nitrogen functional groups attached to an aromatic ring is 1. The maximum atomic E-state index is 13.7. The van der Waals surface area contributed by atoms with Crippen molar-refractivity contribution in [3.63, 3.8) is 0 Å². The average Bonchev–Trinajstić information content (AvgIpc) is 3.30. The van der Waals surface area contributed by atoms with Crippen LogP contribution < -0.4 is 59.6 Å². The molecule has 0 fully saturated rings. The molecule has 3 aromatic rings. The van der Waals surface area contributed by atoms with Gasteiger partial charge in [0.05, 0.1) is 37.7 Å². The molecule has 2 heterocycles. The number of anilines is 2. The van der Waals surface area contributed by atoms with E-state index in [0.717, 1.165) is 0 Å². The van der Waals surface area contributed by atoms with Crippen molar-refractivity contribution in [1.82, 2.24) is 57.2 Å². The number of amides is 6. The van der Waals surface area contributed by atoms with Crippen molar-refractivity contribution in [3.05, 3.63) is 52.1 Å². The van der Waals surface area contributed by atoms with Crippen LogP contribution >= 0.6 is 12.6 Å². The molecule has 3 rings (SSSR count). The molecule has 19 N–H and O–H groups in total. The van der Waals surface area contributed by atoms with Gasteiger partial charge in [-0.25, -0.2) is 19.6 Å². The van der Waals surface area contributed by atoms with Gasteiger partial charge in [0.25, 0.3) is 11.5 Å². The van der Waals surface area contributed by atoms with Gasteiger partial charge in [0.1, 0.15) is 36.3 Å². The van der Waals surface area contributed by atoms with Crippen LogP contribution in [0.1, 0.15) is 61.0 Å². The van der Waals surface area contributed by atoms with Crippen LogP contribution in [0.5, 0.6) is 0 Å². The number of aromatic amines is 1. The molecule has 6 amide bonds. The number of thiol groups is 1. The number of guanidine groups is 1. The molecule has 32 nitrogen and oxygen atoms in total. The van der Waals surface area contributed by atoms with Crippen LogP contribution in [0.15, 0.2) is 35.3 Å². The van der Waals surface area contributed by atoms with Crippen molar-refractivity contribution in [2.45, 2.75) is 87.7 Å². The number of nitrogens with zero attached hydrogens (tertiary/aromatic N) is 3. The van der Waals surface area contributed by atoms with Crippen LogP contribution in [0.2, 0.25) is 0 Å². The molecule has 33 heteroatoms. The van der Waals surface area contributed by atoms with E-state index in [1.807, 2.05) is 16.0 Å². The zero-order chi connectivity index (χ0) is 54.5. The Bertz CT molecular complexity index is 2650. The molecule has 6 atom stereocenters. The Morgan fingerprint density at radius 1 is 0.671 bits per heavy atom. The molecule has 0 aliphatic carbocycles. The number of nitrogens with one attached hydrogen (secondary N) is 10. The number of aromatic nitrogens is 4. The first-order valence-electron chi connectivity index (χ1n) is 21.3. The molecule has 0 aliphatic heterocycles. The summed E-state index contributed by atoms with van der Waals surface area (Å²) in [6.45, 7) is -0.0194. The highest BCUT2D eigenvalue weighted by atomic mass is 32.1. The van der Waals surface area contributed by atoms with Gasteiger partial charge >= 0.3 is 29.8 Å². The van der Waals surface area contributed by atoms with E-state index in [1.165, 1.54) is 30.5 Å². The number of carbonyl (C=O) groups is 11. The summed E-state index contributed by atoms with van der Waals surface area (Å²) in [6.07, 6.45) is -3.88. The van der Waals surface area contributed by atoms with Crippen molar-refractivity contribution < 1.29 is 78.3 Å². The van der Waals surface area contributed by atoms with Crippen molar-refractivity contribution in [3.8, 4) is 0 Å². The number of hydrogen-bond donors (Lipinski definition) is 18. The van der Waals surface area contributed by atoms with Crippen molar-refractivity contribution in [1.29, 1.82) is 5.41 Å². The van der Waals surface area contributed by atoms with E-state index in [2.05, 4.69) is 59.1 Å². The van der Waals surface area contributed by atoms with Gasteiger partial charge in [-0.2, -0.15) is 17.6 Å². The lowest BCUT2D eigenvalue weighted by molar-refractivity contribution is -0.144. The molecule has 0 saturated carbocycles. The Hall–Kier alpha value is -9.17. The van der Waals surface area contributed by atoms with E-state index < -0.39 is 157 Å². The quantitative estimate of drug-likeness (QED) is 0.0129. The standard InChI is InChI=1S/C40H51N15O17S/c41-39(42)44-9-1-2-19(32(64)51-22(11-27(59)60)34(66)52-23(12-28(61)62)35(67)53-24(15-73)38(71)72)49-33(65)21(10-26(57)58)48-25(56)8-7-20(37(69)70)50-31(63)16-3-5-17(6-4-16)45-13-18-14-46-30-29(47-18)36(68)55-40(43)54-30/h3-6,14,19-24,45,73H,1-2,7-13,15H2,(H,48,56)(H,49,65)(H,50,63)(H,51,64)(H,52,66)(H,53,67)(H,57,58)(H,59,60)(H,61,62)(H,69,70)(H,71,72)(H4,41,42,44)(H3,43,46,54,55,68)/t19-,20-,21-,22-,23?,24+/m1/s1. The Morgan fingerprint density at radius 2 is 1.18 bits per heavy atom. The van der Waals surface area contributed by atoms with Crippen LogP contribution in [0, 0.1) is 5.41 Å². The lowest BCUT2D eigenvalue weighted by atomic mass is 10.1. The lowest BCUT2D eigenvalue weighted by Crippen LogP contribution is -2.59. The maximum absolute atomic E-state index is 13.7. The number of fused-ring (bicyclic) bond motifs is 1. The summed E-state index contributed by atoms with van der Waals surface area (Å²) >= 11 is 3.78. The van der Waals surface area contributed by atoms with Gasteiger partial charge in [-0.15, -0.1) is 0 Å². The summed E-state index contributed by atoms with van der Waals surface area (Å²) in [5.74, 6) is -16.6. The molecule has 0 aliphatic rings. The first-order chi connectivity index (χ1) is 34.4. The average molecular weight is 1050 g/mol. The van der Waals surface area contributed by atoms with Gasteiger partial charge in [0.2, 0.25) is 35.5 Å². The predicted octanol–water partition coefficient (Wildman–Crippen LogP) is -5.00. The normalized spacial score (nSPS) is 13.2. The maximum Gasteiger partial charge on any atom is 0.327 e. The fourth-order valence-corrected chi connectivity index (χ4v) is 6.50. The number of carbonyl (C=O) groups excluding carboxylic acids is 6. The smallest absolute Gasteiger partial charge is 0.327 e. The largest absolute Gasteiger partial charge is 0.481 e. The monoisotopic (exact) mass is 1050 g/mol. The molecule has 73 heavy (non-hydrogen) atoms. The second-order valence-corrected chi connectivity index (χ2v) is 15.8. The zero-order valence-electron chi connectivity index (χ0n) is 38.0. The van der Waals surface area contributed by atoms with Gasteiger partial charge in [-0.1, -0.05) is 0 Å². The number of aliphatic carboxylic acids is 5. The van der Waals surface area contributed by atoms with Crippen LogP contribution in [0.4, 0.5) is 11.6 Å². The fourth-order valence-electron chi connectivity index (χ4n) is 6.25. The number of benzene rings is 1. The van der Waals surface area contributed by atoms with E-state index in [0.29, 0.717) is 11.4 Å². The summed E-state index contributed by atoms with van der Waals surface area (Å²) in [7, 11) is 0. The third kappa shape index (κ3) is 19.6. The van der Waals surface area contributed by atoms with E-state index >= 15 is 0 Å². The fraction of sp³-hybridized carbons (Fsp3) is 0.400. The lowest BCUT2D eigenvalue weighted by Gasteiger charge is -2.26. The summed E-state index contributed by atoms with van der Waals surface area (Å²) in [4.78, 5) is 165. The second-order valence-electron chi connectivity index (χ2n) is 15.5. The number of H-pyrrole nitrogens is 1. The minimum atomic E-state index is -2.10. The van der Waals surface area contributed by atoms with E-state index in [-0.39, 0.29) is 42.2 Å². The molecular weight excluding hydrogens is 995 g/mol. The summed E-state index contributed by atoms with van der Waals surface area (Å²) in [5.41, 5.74) is 11.0. The van der Waals surface area contributed by atoms with E-state index in [4.69, 9.17) is 16.9 Å². The summed E-state index contributed by atoms with van der Waals surface area (Å²) < 4.78 is 0. The first-order valence-corrected chi connectivity index (χ1v) is 22.0. The summed E-state index contributed by atoms with van der Waals surface area (Å²) in [5, 5.41) is 72.8. The number of carboxylic acids is 5. The molecule has 0 bridgehead atoms. The highest BCUT2D eigenvalue weighted by molar-refractivity contribution is 7.80. The Balaban J connectivity index is 1.70. The Kier molecular flexibility index (Phi) is 22.2. The Labute approximate surface area is 415 Å². The van der Waals surface area contributed by atoms with Crippen molar-refractivity contribution in [2.24, 2.45) is 5.73 Å². The highest BCUT2D eigenvalue weighted by Crippen LogP contribution is 2.13. The Morgan fingerprint density at radius 3 is 1.68 bits per heavy atom. The van der Waals surface area contributed by atoms with Crippen LogP contribution in [-0.4, -0.2) is 165 Å². The first kappa shape index (κ1) is 58.1. The minimum Gasteiger partial charge on any atom is -0.481 e. The highest BCUT2D eigenvalue weighted by Gasteiger charge is 2.35. The van der Waals surface area contributed by atoms with Crippen molar-refractivity contribution in [2.75, 3.05) is 23.3 Å². The molecule has 0 radical (unpaired) electrons. The zero-order valence-corrected chi connectivity index (χ0v) is 38.9. The number of rotatable bonds is 30. The van der Waals surface area contributed by atoms with Crippen molar-refractivity contribution >= 4 is 107 Å². The molecule has 0 saturated heterocycles. The molecule has 1 aromatic carbocycles. The van der Waals surface area contributed by atoms with Crippen LogP contribution in [0.25, 0.3) is 11.2 Å². The third-order valence-electron chi connectivity index (χ3n) is 9.84. The van der Waals surface area contributed by atoms with Gasteiger partial charge in [0, 0.05) is 30.0 Å². The number of carboxylic acid groups (broad SMARTS) is 5. The van der Waals surface area contributed by atoms with Crippen LogP contribution in [0.3, 0.4) is 0 Å². The van der Waals surface area contributed by atoms with Crippen LogP contribution in [-0.2, 0) is 54.5 Å². The van der Waals surface area contributed by atoms with E-state index in [9.17, 15) is 83.1 Å². The summed E-state index contributed by atoms with van der Waals surface area (Å²) in [6, 6.07) is -5.54. The van der Waals surface area contributed by atoms with Gasteiger partial charge in [-0.3, -0.25) is 58.3 Å². The van der Waals surface area contributed by atoms with Gasteiger partial charge < -0.3 is 79.5 Å². The van der Waals surface area contributed by atoms with Gasteiger partial charge in [0.15, 0.2) is 17.1 Å². The minimum absolute atomic E-state index is 0.00363. The third-order valence-corrected chi connectivity index (χ3v) is 10.2. The predicted molar refractivity (Wildman–Crippen MR) is 251 cm³/mol. The molecular formula is C40H51N15O17S. The second kappa shape index (κ2) is 27.9. The molecule has 1 unspecified atom stereocenters. The number of hydrogen-bond acceptors (Lipinski definition) is 19.